The van der Waals surface area contributed by atoms with E-state index in [0.29, 0.717) is 5.92 Å². The normalized spacial score (nSPS) is 20.9. The Hall–Kier alpha value is -8.32. The highest BCUT2D eigenvalue weighted by Crippen LogP contribution is 2.84. The molecule has 0 saturated heterocycles. The van der Waals surface area contributed by atoms with E-state index in [1.165, 1.54) is 0 Å². The van der Waals surface area contributed by atoms with Crippen molar-refractivity contribution in [1.29, 1.82) is 0 Å². The van der Waals surface area contributed by atoms with Gasteiger partial charge >= 0.3 is 0 Å². The van der Waals surface area contributed by atoms with Crippen LogP contribution in [-0.4, -0.2) is 0 Å². The van der Waals surface area contributed by atoms with Crippen LogP contribution in [0.1, 0.15) is 59.1 Å². The summed E-state index contributed by atoms with van der Waals surface area (Å²) in [6.45, 7) is 5.00. The van der Waals surface area contributed by atoms with Crippen molar-refractivity contribution in [3.05, 3.63) is 57.6 Å². The molecule has 0 heterocycles. The molecule has 0 nitrogen and oxygen atoms in total. The average Bonchev–Trinajstić information content (AvgIpc) is 4.27. The highest BCUT2D eigenvalue weighted by molar-refractivity contribution is 6.82. The van der Waals surface area contributed by atoms with Gasteiger partial charge in [-0.1, -0.05) is 38.1 Å². The van der Waals surface area contributed by atoms with Crippen LogP contribution >= 0.6 is 0 Å². The standard InChI is InChI=1S/C69H12/c1-7(2)8-5-3-4-6-9(8)69-66-62-56-42-34-26-14-11-10-12-15(14)27-29-25-19(12)21-17-13(10)16-20-18(11)24-28(26)40(42)48-46-32(24)30(20)38-36-22(16)23(17)37-39-31(21)33(25)47-49-41(29)43(35(27)34)57(56)63(66)59(49)61-53(47)51(39)55-45(37)44(36)54-50(38)52(46)60(58(48)62)67(69)64(54)65(55)68(61)69/h3-7,66H,1-2H3. The first-order valence-electron chi connectivity index (χ1n) is 26.1. The van der Waals surface area contributed by atoms with Crippen LogP contribution in [0.5, 0.6) is 0 Å². The van der Waals surface area contributed by atoms with E-state index in [4.69, 9.17) is 0 Å². The summed E-state index contributed by atoms with van der Waals surface area (Å²) in [6, 6.07) is 10.1. The summed E-state index contributed by atoms with van der Waals surface area (Å²) in [5, 5.41) is 90.3. The second-order valence-electron chi connectivity index (χ2n) is 25.8. The van der Waals surface area contributed by atoms with E-state index < -0.39 is 0 Å². The van der Waals surface area contributed by atoms with Crippen LogP contribution < -0.4 is 0 Å². The Balaban J connectivity index is 1.22. The fourth-order valence-corrected chi connectivity index (χ4v) is 25.0. The summed E-state index contributed by atoms with van der Waals surface area (Å²) in [6.07, 6.45) is 0. The molecular weight excluding hydrogens is 829 g/mol. The van der Waals surface area contributed by atoms with Crippen LogP contribution in [0.25, 0.3) is 291 Å². The third-order valence-corrected chi connectivity index (χ3v) is 25.1. The molecule has 0 saturated carbocycles. The minimum absolute atomic E-state index is 0.239. The van der Waals surface area contributed by atoms with Crippen molar-refractivity contribution in [2.45, 2.75) is 31.1 Å². The first kappa shape index (κ1) is 25.7. The molecule has 0 unspecified atom stereocenters. The zero-order chi connectivity index (χ0) is 41.1. The first-order valence-corrected chi connectivity index (χ1v) is 26.1. The van der Waals surface area contributed by atoms with Crippen molar-refractivity contribution in [2.75, 3.05) is 0 Å². The lowest BCUT2D eigenvalue weighted by molar-refractivity contribution is 0.557. The van der Waals surface area contributed by atoms with Crippen molar-refractivity contribution in [3.63, 3.8) is 0 Å². The smallest absolute Gasteiger partial charge is 0.0589 e. The highest BCUT2D eigenvalue weighted by atomic mass is 14.6. The Morgan fingerprint density at radius 1 is 0.246 bits per heavy atom. The maximum atomic E-state index is 2.68. The molecule has 4 aliphatic rings. The van der Waals surface area contributed by atoms with E-state index in [1.807, 2.05) is 0 Å². The van der Waals surface area contributed by atoms with Gasteiger partial charge in [0, 0.05) is 5.92 Å². The van der Waals surface area contributed by atoms with Crippen molar-refractivity contribution in [2.24, 2.45) is 0 Å². The van der Waals surface area contributed by atoms with Gasteiger partial charge in [-0.3, -0.25) is 0 Å². The highest BCUT2D eigenvalue weighted by Gasteiger charge is 2.64. The number of benzene rings is 19. The lowest BCUT2D eigenvalue weighted by atomic mass is 9.54. The Bertz CT molecular complexity index is 7090. The molecular formula is C69H12. The summed E-state index contributed by atoms with van der Waals surface area (Å²) in [5.41, 5.74) is 9.86. The molecule has 0 spiro atoms. The zero-order valence-corrected chi connectivity index (χ0v) is 36.0. The van der Waals surface area contributed by atoms with Gasteiger partial charge in [-0.25, -0.2) is 0 Å². The largest absolute Gasteiger partial charge is 0.0620 e. The van der Waals surface area contributed by atoms with Gasteiger partial charge in [0.2, 0.25) is 0 Å². The Morgan fingerprint density at radius 2 is 0.435 bits per heavy atom. The van der Waals surface area contributed by atoms with E-state index in [1.54, 1.807) is 324 Å². The predicted octanol–water partition coefficient (Wildman–Crippen LogP) is 19.3. The Morgan fingerprint density at radius 3 is 0.681 bits per heavy atom. The number of hydrogen-bond donors (Lipinski definition) is 0. The molecule has 4 aliphatic carbocycles. The topological polar surface area (TPSA) is 0 Å². The fraction of sp³-hybridized carbons (Fsp3) is 0.0725. The maximum absolute atomic E-state index is 2.68. The van der Waals surface area contributed by atoms with Crippen molar-refractivity contribution in [1.82, 2.24) is 0 Å². The zero-order valence-electron chi connectivity index (χ0n) is 36.0. The SMILES string of the molecule is CC(C)c1ccccc1C12c3c4c5c6c7c8c(c9c%10c1c1c3c3c%11c4c4c5c5c7c7c%12c8c8c9c9c%10c%10c1c1c3c3c%11c%11c4c4c5c7c5c7c%12c8c8c9c9c%10c1c1c3c3c%11c4c5c4c7c8c9c1c34)C62. The number of hydrogen-bond acceptors (Lipinski definition) is 0. The summed E-state index contributed by atoms with van der Waals surface area (Å²) in [5.74, 6) is 0.645. The van der Waals surface area contributed by atoms with Crippen molar-refractivity contribution < 1.29 is 0 Å². The molecule has 0 radical (unpaired) electrons. The summed E-state index contributed by atoms with van der Waals surface area (Å²) in [4.78, 5) is 0. The van der Waals surface area contributed by atoms with E-state index in [9.17, 15) is 0 Å². The minimum atomic E-state index is -0.327. The lowest BCUT2D eigenvalue weighted by Crippen LogP contribution is -2.39. The second kappa shape index (κ2) is 5.83. The third-order valence-electron chi connectivity index (χ3n) is 25.1. The van der Waals surface area contributed by atoms with Crippen molar-refractivity contribution >= 4 is 291 Å². The molecule has 0 N–H and O–H groups in total. The first-order chi connectivity index (χ1) is 34.3. The van der Waals surface area contributed by atoms with Crippen LogP contribution in [-0.2, 0) is 5.41 Å². The molecule has 0 aromatic heterocycles. The molecule has 69 heavy (non-hydrogen) atoms. The fourth-order valence-electron chi connectivity index (χ4n) is 25.0. The molecule has 0 aliphatic heterocycles. The van der Waals surface area contributed by atoms with Crippen LogP contribution in [0.4, 0.5) is 0 Å². The molecule has 29 aromatic rings. The molecule has 0 heteroatoms. The quantitative estimate of drug-likeness (QED) is 0.152. The molecule has 288 valence electrons. The maximum Gasteiger partial charge on any atom is 0.0589 e. The van der Waals surface area contributed by atoms with Gasteiger partial charge in [-0.15, -0.1) is 0 Å². The summed E-state index contributed by atoms with van der Waals surface area (Å²) >= 11 is 0. The van der Waals surface area contributed by atoms with E-state index in [0.717, 1.165) is 0 Å². The van der Waals surface area contributed by atoms with Gasteiger partial charge < -0.3 is 0 Å². The van der Waals surface area contributed by atoms with Crippen LogP contribution in [0.3, 0.4) is 0 Å². The summed E-state index contributed by atoms with van der Waals surface area (Å²) < 4.78 is 0. The van der Waals surface area contributed by atoms with Crippen LogP contribution in [0.15, 0.2) is 24.3 Å². The molecule has 29 aromatic carbocycles. The summed E-state index contributed by atoms with van der Waals surface area (Å²) in [7, 11) is 0. The molecule has 33 rings (SSSR count). The monoisotopic (exact) mass is 840 g/mol. The van der Waals surface area contributed by atoms with E-state index >= 15 is 0 Å². The Labute approximate surface area is 377 Å². The van der Waals surface area contributed by atoms with Gasteiger partial charge in [0.1, 0.15) is 0 Å². The molecule has 0 amide bonds. The number of rotatable bonds is 2. The van der Waals surface area contributed by atoms with Gasteiger partial charge in [-0.05, 0) is 330 Å². The molecule has 0 fully saturated rings. The van der Waals surface area contributed by atoms with E-state index in [-0.39, 0.29) is 11.3 Å². The molecule has 0 atom stereocenters. The third kappa shape index (κ3) is 1.38. The van der Waals surface area contributed by atoms with E-state index in [2.05, 4.69) is 38.1 Å². The van der Waals surface area contributed by atoms with Gasteiger partial charge in [0.25, 0.3) is 0 Å². The van der Waals surface area contributed by atoms with Gasteiger partial charge in [0.05, 0.1) is 5.41 Å². The average molecular weight is 841 g/mol. The Kier molecular flexibility index (Phi) is 2.17. The van der Waals surface area contributed by atoms with Crippen molar-refractivity contribution in [3.8, 4) is 0 Å². The van der Waals surface area contributed by atoms with Gasteiger partial charge in [0.15, 0.2) is 0 Å². The minimum Gasteiger partial charge on any atom is -0.0620 e. The van der Waals surface area contributed by atoms with Crippen LogP contribution in [0.2, 0.25) is 0 Å². The second-order valence-corrected chi connectivity index (χ2v) is 25.8. The van der Waals surface area contributed by atoms with Gasteiger partial charge in [-0.2, -0.15) is 0 Å². The predicted molar refractivity (Wildman–Crippen MR) is 295 cm³/mol. The lowest BCUT2D eigenvalue weighted by Gasteiger charge is -2.47. The molecule has 0 bridgehead atoms. The van der Waals surface area contributed by atoms with Crippen LogP contribution in [0, 0.1) is 0 Å².